The molecule has 0 saturated heterocycles. The Morgan fingerprint density at radius 2 is 2.12 bits per heavy atom. The maximum Gasteiger partial charge on any atom is 0.315 e. The smallest absolute Gasteiger partial charge is 0.315 e. The van der Waals surface area contributed by atoms with Gasteiger partial charge in [0.2, 0.25) is 0 Å². The fraction of sp³-hybridized carbons (Fsp3) is 0.909. The predicted octanol–water partition coefficient (Wildman–Crippen LogP) is 0.872. The molecule has 0 spiro atoms. The Labute approximate surface area is 97.6 Å². The van der Waals surface area contributed by atoms with Crippen molar-refractivity contribution in [2.24, 2.45) is 0 Å². The summed E-state index contributed by atoms with van der Waals surface area (Å²) < 4.78 is 4.97. The van der Waals surface area contributed by atoms with E-state index in [0.29, 0.717) is 19.6 Å². The summed E-state index contributed by atoms with van der Waals surface area (Å²) in [5.74, 6) is 0. The third-order valence-electron chi connectivity index (χ3n) is 2.32. The molecule has 2 amide bonds. The van der Waals surface area contributed by atoms with Crippen molar-refractivity contribution in [1.29, 1.82) is 0 Å². The lowest BCUT2D eigenvalue weighted by atomic mass is 10.2. The van der Waals surface area contributed by atoms with Crippen LogP contribution in [0.15, 0.2) is 0 Å². The van der Waals surface area contributed by atoms with Crippen LogP contribution in [0.25, 0.3) is 0 Å². The van der Waals surface area contributed by atoms with Gasteiger partial charge in [-0.15, -0.1) is 0 Å². The zero-order chi connectivity index (χ0) is 12.4. The summed E-state index contributed by atoms with van der Waals surface area (Å²) in [6.45, 7) is 4.77. The third kappa shape index (κ3) is 7.48. The number of carbonyl (C=O) groups is 1. The SMILES string of the molecule is CCCC(O)CNC(=O)NC(CC)COC. The van der Waals surface area contributed by atoms with E-state index in [1.165, 1.54) is 0 Å². The van der Waals surface area contributed by atoms with E-state index in [9.17, 15) is 9.90 Å². The quantitative estimate of drug-likeness (QED) is 0.581. The van der Waals surface area contributed by atoms with E-state index >= 15 is 0 Å². The van der Waals surface area contributed by atoms with Crippen LogP contribution in [0, 0.1) is 0 Å². The number of methoxy groups -OCH3 is 1. The Morgan fingerprint density at radius 3 is 2.62 bits per heavy atom. The molecule has 3 N–H and O–H groups in total. The molecule has 0 fully saturated rings. The molecule has 5 nitrogen and oxygen atoms in total. The molecule has 5 heteroatoms. The van der Waals surface area contributed by atoms with Crippen molar-refractivity contribution in [3.8, 4) is 0 Å². The first kappa shape index (κ1) is 15.2. The molecule has 16 heavy (non-hydrogen) atoms. The highest BCUT2D eigenvalue weighted by Crippen LogP contribution is 1.94. The Kier molecular flexibility index (Phi) is 8.94. The normalized spacial score (nSPS) is 14.2. The summed E-state index contributed by atoms with van der Waals surface area (Å²) in [7, 11) is 1.60. The van der Waals surface area contributed by atoms with Crippen LogP contribution in [0.3, 0.4) is 0 Å². The summed E-state index contributed by atoms with van der Waals surface area (Å²) in [6, 6.07) is -0.229. The molecule has 0 rings (SSSR count). The first-order chi connectivity index (χ1) is 7.63. The van der Waals surface area contributed by atoms with Gasteiger partial charge in [0.25, 0.3) is 0 Å². The number of aliphatic hydroxyl groups excluding tert-OH is 1. The van der Waals surface area contributed by atoms with Gasteiger partial charge < -0.3 is 20.5 Å². The highest BCUT2D eigenvalue weighted by Gasteiger charge is 2.10. The number of rotatable bonds is 8. The molecule has 2 unspecified atom stereocenters. The van der Waals surface area contributed by atoms with Gasteiger partial charge in [0.05, 0.1) is 18.8 Å². The van der Waals surface area contributed by atoms with Crippen molar-refractivity contribution >= 4 is 6.03 Å². The largest absolute Gasteiger partial charge is 0.391 e. The fourth-order valence-electron chi connectivity index (χ4n) is 1.34. The Bertz CT molecular complexity index is 188. The number of nitrogens with one attached hydrogen (secondary N) is 2. The van der Waals surface area contributed by atoms with Crippen molar-refractivity contribution in [2.45, 2.75) is 45.3 Å². The second-order valence-corrected chi connectivity index (χ2v) is 3.86. The average Bonchev–Trinajstić information content (AvgIpc) is 2.26. The first-order valence-electron chi connectivity index (χ1n) is 5.85. The fourth-order valence-corrected chi connectivity index (χ4v) is 1.34. The Hall–Kier alpha value is -0.810. The van der Waals surface area contributed by atoms with Gasteiger partial charge in [0, 0.05) is 13.7 Å². The predicted molar refractivity (Wildman–Crippen MR) is 63.4 cm³/mol. The summed E-state index contributed by atoms with van der Waals surface area (Å²) >= 11 is 0. The number of hydrogen-bond acceptors (Lipinski definition) is 3. The number of amides is 2. The maximum atomic E-state index is 11.4. The molecule has 0 radical (unpaired) electrons. The van der Waals surface area contributed by atoms with Crippen LogP contribution in [-0.4, -0.2) is 43.5 Å². The number of aliphatic hydroxyl groups is 1. The van der Waals surface area contributed by atoms with E-state index in [0.717, 1.165) is 12.8 Å². The zero-order valence-electron chi connectivity index (χ0n) is 10.5. The lowest BCUT2D eigenvalue weighted by Crippen LogP contribution is -2.45. The highest BCUT2D eigenvalue weighted by molar-refractivity contribution is 5.74. The van der Waals surface area contributed by atoms with Crippen LogP contribution >= 0.6 is 0 Å². The molecule has 96 valence electrons. The Balaban J connectivity index is 3.71. The molecule has 0 aromatic rings. The van der Waals surface area contributed by atoms with Gasteiger partial charge in [-0.1, -0.05) is 20.3 Å². The van der Waals surface area contributed by atoms with E-state index < -0.39 is 6.10 Å². The van der Waals surface area contributed by atoms with Gasteiger partial charge in [-0.3, -0.25) is 0 Å². The summed E-state index contributed by atoms with van der Waals surface area (Å²) in [5.41, 5.74) is 0. The van der Waals surface area contributed by atoms with E-state index in [1.807, 2.05) is 13.8 Å². The Morgan fingerprint density at radius 1 is 1.44 bits per heavy atom. The minimum Gasteiger partial charge on any atom is -0.391 e. The number of ether oxygens (including phenoxy) is 1. The second-order valence-electron chi connectivity index (χ2n) is 3.86. The van der Waals surface area contributed by atoms with E-state index in [-0.39, 0.29) is 12.1 Å². The lowest BCUT2D eigenvalue weighted by Gasteiger charge is -2.17. The van der Waals surface area contributed by atoms with Gasteiger partial charge in [0.15, 0.2) is 0 Å². The standard InChI is InChI=1S/C11H24N2O3/c1-4-6-10(14)7-12-11(15)13-9(5-2)8-16-3/h9-10,14H,4-8H2,1-3H3,(H2,12,13,15). The molecule has 0 heterocycles. The molecule has 0 aliphatic heterocycles. The van der Waals surface area contributed by atoms with Crippen molar-refractivity contribution in [1.82, 2.24) is 10.6 Å². The molecule has 0 saturated carbocycles. The van der Waals surface area contributed by atoms with E-state index in [2.05, 4.69) is 10.6 Å². The molecule has 0 bridgehead atoms. The van der Waals surface area contributed by atoms with E-state index in [4.69, 9.17) is 4.74 Å². The first-order valence-corrected chi connectivity index (χ1v) is 5.85. The molecule has 2 atom stereocenters. The number of hydrogen-bond donors (Lipinski definition) is 3. The minimum absolute atomic E-state index is 0.0216. The van der Waals surface area contributed by atoms with Crippen LogP contribution < -0.4 is 10.6 Å². The monoisotopic (exact) mass is 232 g/mol. The molecule has 0 aromatic carbocycles. The van der Waals surface area contributed by atoms with Crippen LogP contribution in [0.4, 0.5) is 4.79 Å². The van der Waals surface area contributed by atoms with Gasteiger partial charge in [-0.05, 0) is 12.8 Å². The lowest BCUT2D eigenvalue weighted by molar-refractivity contribution is 0.152. The van der Waals surface area contributed by atoms with Gasteiger partial charge in [-0.2, -0.15) is 0 Å². The van der Waals surface area contributed by atoms with E-state index in [1.54, 1.807) is 7.11 Å². The minimum atomic E-state index is -0.460. The zero-order valence-corrected chi connectivity index (χ0v) is 10.5. The van der Waals surface area contributed by atoms with Crippen LogP contribution in [0.2, 0.25) is 0 Å². The summed E-state index contributed by atoms with van der Waals surface area (Å²) in [6.07, 6.45) is 1.97. The van der Waals surface area contributed by atoms with Crippen LogP contribution in [0.5, 0.6) is 0 Å². The second kappa shape index (κ2) is 9.42. The van der Waals surface area contributed by atoms with Gasteiger partial charge in [-0.25, -0.2) is 4.79 Å². The van der Waals surface area contributed by atoms with Crippen LogP contribution in [-0.2, 0) is 4.74 Å². The summed E-state index contributed by atoms with van der Waals surface area (Å²) in [5, 5.41) is 14.8. The van der Waals surface area contributed by atoms with Crippen LogP contribution in [0.1, 0.15) is 33.1 Å². The summed E-state index contributed by atoms with van der Waals surface area (Å²) in [4.78, 5) is 11.4. The third-order valence-corrected chi connectivity index (χ3v) is 2.32. The van der Waals surface area contributed by atoms with Crippen molar-refractivity contribution in [3.05, 3.63) is 0 Å². The molecular weight excluding hydrogens is 208 g/mol. The van der Waals surface area contributed by atoms with Crippen molar-refractivity contribution in [3.63, 3.8) is 0 Å². The van der Waals surface area contributed by atoms with Gasteiger partial charge >= 0.3 is 6.03 Å². The maximum absolute atomic E-state index is 11.4. The van der Waals surface area contributed by atoms with Gasteiger partial charge in [0.1, 0.15) is 0 Å². The number of urea groups is 1. The van der Waals surface area contributed by atoms with Crippen molar-refractivity contribution in [2.75, 3.05) is 20.3 Å². The molecule has 0 aliphatic rings. The molecule has 0 aliphatic carbocycles. The molecule has 0 aromatic heterocycles. The van der Waals surface area contributed by atoms with Crippen molar-refractivity contribution < 1.29 is 14.6 Å². The molecular formula is C11H24N2O3. The highest BCUT2D eigenvalue weighted by atomic mass is 16.5. The topological polar surface area (TPSA) is 70.6 Å². The average molecular weight is 232 g/mol. The number of carbonyl (C=O) groups excluding carboxylic acids is 1.